The van der Waals surface area contributed by atoms with Crippen LogP contribution in [0.2, 0.25) is 0 Å². The van der Waals surface area contributed by atoms with Crippen LogP contribution in [0.4, 0.5) is 9.52 Å². The van der Waals surface area contributed by atoms with E-state index in [0.717, 1.165) is 64.7 Å². The Morgan fingerprint density at radius 3 is 2.65 bits per heavy atom. The monoisotopic (exact) mass is 520 g/mol. The zero-order valence-corrected chi connectivity index (χ0v) is 21.6. The molecule has 192 valence electrons. The second-order valence-electron chi connectivity index (χ2n) is 9.78. The van der Waals surface area contributed by atoms with Crippen LogP contribution in [0.25, 0.3) is 33.4 Å². The summed E-state index contributed by atoms with van der Waals surface area (Å²) in [5, 5.41) is 10.1. The summed E-state index contributed by atoms with van der Waals surface area (Å²) < 4.78 is 15.4. The van der Waals surface area contributed by atoms with Crippen LogP contribution < -0.4 is 4.90 Å². The van der Waals surface area contributed by atoms with Gasteiger partial charge in [-0.3, -0.25) is 14.5 Å². The lowest BCUT2D eigenvalue weighted by molar-refractivity contribution is -0.140. The quantitative estimate of drug-likeness (QED) is 0.279. The number of halogens is 1. The number of aryl methyl sites for hydroxylation is 1. The largest absolute Gasteiger partial charge is 0.481 e. The van der Waals surface area contributed by atoms with Crippen molar-refractivity contribution in [2.45, 2.75) is 45.4 Å². The molecular weight excluding hydrogens is 491 g/mol. The number of anilines is 1. The van der Waals surface area contributed by atoms with Crippen molar-refractivity contribution in [2.75, 3.05) is 11.9 Å². The van der Waals surface area contributed by atoms with Gasteiger partial charge in [-0.05, 0) is 36.5 Å². The molecule has 0 saturated heterocycles. The Labute approximate surface area is 218 Å². The summed E-state index contributed by atoms with van der Waals surface area (Å²) in [5.41, 5.74) is 4.25. The van der Waals surface area contributed by atoms with Crippen molar-refractivity contribution in [1.82, 2.24) is 15.0 Å². The van der Waals surface area contributed by atoms with Crippen LogP contribution in [0.3, 0.4) is 0 Å². The highest BCUT2D eigenvalue weighted by atomic mass is 32.1. The molecule has 9 heteroatoms. The summed E-state index contributed by atoms with van der Waals surface area (Å²) in [6.45, 7) is 2.01. The fourth-order valence-corrected chi connectivity index (χ4v) is 6.21. The maximum absolute atomic E-state index is 15.4. The highest BCUT2D eigenvalue weighted by molar-refractivity contribution is 7.14. The van der Waals surface area contributed by atoms with Crippen LogP contribution in [0.5, 0.6) is 0 Å². The number of amides is 1. The molecule has 1 saturated carbocycles. The predicted molar refractivity (Wildman–Crippen MR) is 143 cm³/mol. The molecule has 3 aromatic heterocycles. The maximum Gasteiger partial charge on any atom is 0.304 e. The number of aromatic nitrogens is 3. The summed E-state index contributed by atoms with van der Waals surface area (Å²) in [6.07, 6.45) is 8.16. The van der Waals surface area contributed by atoms with E-state index in [1.807, 2.05) is 43.5 Å². The van der Waals surface area contributed by atoms with Gasteiger partial charge in [-0.15, -0.1) is 0 Å². The number of benzene rings is 1. The van der Waals surface area contributed by atoms with Crippen molar-refractivity contribution in [3.05, 3.63) is 53.4 Å². The van der Waals surface area contributed by atoms with E-state index in [-0.39, 0.29) is 23.2 Å². The molecule has 5 rings (SSSR count). The number of carboxylic acids is 1. The molecule has 3 heterocycles. The summed E-state index contributed by atoms with van der Waals surface area (Å²) in [4.78, 5) is 38.3. The van der Waals surface area contributed by atoms with Gasteiger partial charge in [-0.1, -0.05) is 61.3 Å². The van der Waals surface area contributed by atoms with Crippen molar-refractivity contribution in [1.29, 1.82) is 0 Å². The van der Waals surface area contributed by atoms with Crippen LogP contribution in [-0.2, 0) is 9.59 Å². The number of thiazole rings is 1. The Balaban J connectivity index is 1.47. The van der Waals surface area contributed by atoms with Crippen LogP contribution in [-0.4, -0.2) is 39.0 Å². The summed E-state index contributed by atoms with van der Waals surface area (Å²) in [7, 11) is 1.55. The van der Waals surface area contributed by atoms with E-state index >= 15 is 4.39 Å². The molecule has 1 aromatic carbocycles. The molecule has 0 radical (unpaired) electrons. The normalized spacial score (nSPS) is 14.8. The summed E-state index contributed by atoms with van der Waals surface area (Å²) in [5.74, 6) is -1.64. The molecular formula is C28H29FN4O3S. The average molecular weight is 521 g/mol. The van der Waals surface area contributed by atoms with Crippen molar-refractivity contribution < 1.29 is 19.1 Å². The van der Waals surface area contributed by atoms with E-state index in [4.69, 9.17) is 0 Å². The number of H-pyrrole nitrogens is 1. The van der Waals surface area contributed by atoms with Crippen LogP contribution >= 0.6 is 11.3 Å². The van der Waals surface area contributed by atoms with E-state index in [9.17, 15) is 14.7 Å². The predicted octanol–water partition coefficient (Wildman–Crippen LogP) is 6.43. The lowest BCUT2D eigenvalue weighted by atomic mass is 9.90. The number of fused-ring (bicyclic) bond motifs is 1. The Hall–Kier alpha value is -3.59. The van der Waals surface area contributed by atoms with Gasteiger partial charge in [0.1, 0.15) is 11.3 Å². The minimum Gasteiger partial charge on any atom is -0.481 e. The number of pyridine rings is 1. The number of aliphatic carboxylic acids is 1. The topological polar surface area (TPSA) is 99.2 Å². The fraction of sp³-hybridized carbons (Fsp3) is 0.357. The maximum atomic E-state index is 15.4. The van der Waals surface area contributed by atoms with Gasteiger partial charge < -0.3 is 10.1 Å². The Morgan fingerprint density at radius 1 is 1.19 bits per heavy atom. The minimum absolute atomic E-state index is 0.161. The molecule has 2 N–H and O–H groups in total. The molecule has 1 aliphatic rings. The third-order valence-electron chi connectivity index (χ3n) is 7.38. The molecule has 0 aliphatic heterocycles. The van der Waals surface area contributed by atoms with E-state index in [0.29, 0.717) is 17.9 Å². The Morgan fingerprint density at radius 2 is 1.92 bits per heavy atom. The first kappa shape index (κ1) is 25.1. The smallest absolute Gasteiger partial charge is 0.304 e. The first-order valence-electron chi connectivity index (χ1n) is 12.5. The van der Waals surface area contributed by atoms with Crippen LogP contribution in [0, 0.1) is 23.9 Å². The van der Waals surface area contributed by atoms with Crippen molar-refractivity contribution in [2.24, 2.45) is 11.8 Å². The SMILES string of the molecule is Cc1c(-c2ccccc2-c2nc(N(C)C(=O)[C@@H](CC(=O)O)CC3CCCC3)sc2F)cnc2[nH]ccc12. The average Bonchev–Trinajstić information content (AvgIpc) is 3.64. The molecule has 1 amide bonds. The number of rotatable bonds is 8. The molecule has 7 nitrogen and oxygen atoms in total. The van der Waals surface area contributed by atoms with Gasteiger partial charge in [0.15, 0.2) is 5.13 Å². The zero-order chi connectivity index (χ0) is 26.1. The highest BCUT2D eigenvalue weighted by Gasteiger charge is 2.31. The molecule has 1 fully saturated rings. The highest BCUT2D eigenvalue weighted by Crippen LogP contribution is 2.39. The van der Waals surface area contributed by atoms with Gasteiger partial charge in [-0.25, -0.2) is 9.97 Å². The second-order valence-corrected chi connectivity index (χ2v) is 10.7. The van der Waals surface area contributed by atoms with Crippen molar-refractivity contribution in [3.8, 4) is 22.4 Å². The molecule has 4 aromatic rings. The lowest BCUT2D eigenvalue weighted by Gasteiger charge is -2.23. The number of hydrogen-bond acceptors (Lipinski definition) is 5. The number of carbonyl (C=O) groups excluding carboxylic acids is 1. The van der Waals surface area contributed by atoms with Gasteiger partial charge in [0.2, 0.25) is 11.0 Å². The van der Waals surface area contributed by atoms with Gasteiger partial charge in [-0.2, -0.15) is 4.39 Å². The lowest BCUT2D eigenvalue weighted by Crippen LogP contribution is -2.35. The third kappa shape index (κ3) is 5.00. The zero-order valence-electron chi connectivity index (χ0n) is 20.8. The number of carboxylic acid groups (broad SMARTS) is 1. The first-order valence-corrected chi connectivity index (χ1v) is 13.3. The van der Waals surface area contributed by atoms with Gasteiger partial charge >= 0.3 is 5.97 Å². The number of hydrogen-bond donors (Lipinski definition) is 2. The van der Waals surface area contributed by atoms with Gasteiger partial charge in [0.25, 0.3) is 0 Å². The standard InChI is InChI=1S/C28H29FN4O3S/c1-16-19-11-12-30-26(19)31-15-22(16)20-9-5-6-10-21(20)24-25(29)37-28(32-24)33(2)27(36)18(14-23(34)35)13-17-7-3-4-8-17/h5-6,9-12,15,17-18H,3-4,7-8,13-14H2,1-2H3,(H,30,31)(H,34,35)/t18-/m1/s1. The van der Waals surface area contributed by atoms with E-state index in [1.54, 1.807) is 13.2 Å². The molecule has 0 spiro atoms. The number of aromatic amines is 1. The minimum atomic E-state index is -1.01. The van der Waals surface area contributed by atoms with Gasteiger partial charge in [0, 0.05) is 41.9 Å². The molecule has 0 bridgehead atoms. The second kappa shape index (κ2) is 10.4. The molecule has 37 heavy (non-hydrogen) atoms. The number of nitrogens with one attached hydrogen (secondary N) is 1. The van der Waals surface area contributed by atoms with Crippen molar-refractivity contribution >= 4 is 39.4 Å². The van der Waals surface area contributed by atoms with Gasteiger partial charge in [0.05, 0.1) is 6.42 Å². The first-order chi connectivity index (χ1) is 17.8. The van der Waals surface area contributed by atoms with E-state index in [1.165, 1.54) is 4.90 Å². The molecule has 1 atom stereocenters. The third-order valence-corrected chi connectivity index (χ3v) is 8.30. The van der Waals surface area contributed by atoms with E-state index in [2.05, 4.69) is 15.0 Å². The summed E-state index contributed by atoms with van der Waals surface area (Å²) in [6, 6.07) is 9.40. The van der Waals surface area contributed by atoms with E-state index < -0.39 is 17.0 Å². The van der Waals surface area contributed by atoms with Crippen LogP contribution in [0.1, 0.15) is 44.1 Å². The van der Waals surface area contributed by atoms with Crippen LogP contribution in [0.15, 0.2) is 42.7 Å². The van der Waals surface area contributed by atoms with Crippen molar-refractivity contribution in [3.63, 3.8) is 0 Å². The molecule has 1 aliphatic carbocycles. The summed E-state index contributed by atoms with van der Waals surface area (Å²) >= 11 is 0.796. The number of carbonyl (C=O) groups is 2. The Bertz CT molecular complexity index is 1460. The fourth-order valence-electron chi connectivity index (χ4n) is 5.44. The molecule has 0 unspecified atom stereocenters. The number of nitrogens with zero attached hydrogens (tertiary/aromatic N) is 3. The Kier molecular flexibility index (Phi) is 7.06.